The normalized spacial score (nSPS) is 20.0. The van der Waals surface area contributed by atoms with Crippen LogP contribution < -0.4 is 5.19 Å². The Balaban J connectivity index is 2.34. The molecule has 3 nitrogen and oxygen atoms in total. The predicted molar refractivity (Wildman–Crippen MR) is 106 cm³/mol. The monoisotopic (exact) mass is 364 g/mol. The zero-order valence-corrected chi connectivity index (χ0v) is 18.2. The summed E-state index contributed by atoms with van der Waals surface area (Å²) in [5.41, 5.74) is 0.413. The fourth-order valence-electron chi connectivity index (χ4n) is 2.83. The largest absolute Gasteiger partial charge is 0.544 e. The number of hydrogen-bond acceptors (Lipinski definition) is 3. The van der Waals surface area contributed by atoms with E-state index in [4.69, 9.17) is 13.9 Å². The lowest BCUT2D eigenvalue weighted by molar-refractivity contribution is -0.131. The molecule has 2 rings (SSSR count). The summed E-state index contributed by atoms with van der Waals surface area (Å²) in [6, 6.07) is 10.8. The van der Waals surface area contributed by atoms with Crippen LogP contribution in [0.2, 0.25) is 38.3 Å². The number of benzene rings is 1. The van der Waals surface area contributed by atoms with Crippen LogP contribution in [0.5, 0.6) is 0 Å². The van der Waals surface area contributed by atoms with Crippen LogP contribution in [0.3, 0.4) is 0 Å². The van der Waals surface area contributed by atoms with Crippen LogP contribution in [-0.2, 0) is 13.9 Å². The highest BCUT2D eigenvalue weighted by Gasteiger charge is 2.41. The summed E-state index contributed by atoms with van der Waals surface area (Å²) in [5.74, 6) is 0.124. The van der Waals surface area contributed by atoms with Crippen molar-refractivity contribution in [3.8, 4) is 0 Å². The molecule has 24 heavy (non-hydrogen) atoms. The first-order valence-electron chi connectivity index (χ1n) is 8.79. The minimum atomic E-state index is -1.75. The highest BCUT2D eigenvalue weighted by molar-refractivity contribution is 6.91. The van der Waals surface area contributed by atoms with Gasteiger partial charge in [0.25, 0.3) is 0 Å². The summed E-state index contributed by atoms with van der Waals surface area (Å²) in [6.07, 6.45) is 2.27. The number of ether oxygens (including phenoxy) is 2. The maximum absolute atomic E-state index is 6.40. The van der Waals surface area contributed by atoms with Gasteiger partial charge in [0.05, 0.1) is 21.3 Å². The Bertz CT molecular complexity index is 570. The van der Waals surface area contributed by atoms with Crippen molar-refractivity contribution in [1.29, 1.82) is 0 Å². The third kappa shape index (κ3) is 4.60. The second-order valence-electron chi connectivity index (χ2n) is 8.26. The van der Waals surface area contributed by atoms with Crippen molar-refractivity contribution < 1.29 is 13.9 Å². The molecule has 1 aliphatic heterocycles. The molecular formula is C19H32O3Si2. The number of rotatable bonds is 6. The fraction of sp³-hybridized carbons (Fsp3) is 0.579. The Morgan fingerprint density at radius 1 is 1.08 bits per heavy atom. The van der Waals surface area contributed by atoms with Crippen LogP contribution >= 0.6 is 0 Å². The van der Waals surface area contributed by atoms with Crippen molar-refractivity contribution in [2.45, 2.75) is 57.9 Å². The molecule has 1 aromatic carbocycles. The lowest BCUT2D eigenvalue weighted by Crippen LogP contribution is -2.45. The van der Waals surface area contributed by atoms with Gasteiger partial charge in [0.1, 0.15) is 5.76 Å². The Morgan fingerprint density at radius 2 is 1.62 bits per heavy atom. The van der Waals surface area contributed by atoms with Gasteiger partial charge in [-0.25, -0.2) is 0 Å². The molecule has 1 aliphatic rings. The van der Waals surface area contributed by atoms with E-state index in [2.05, 4.69) is 76.1 Å². The van der Waals surface area contributed by atoms with E-state index in [-0.39, 0.29) is 0 Å². The molecule has 1 atom stereocenters. The number of hydrogen-bond donors (Lipinski definition) is 0. The topological polar surface area (TPSA) is 27.7 Å². The minimum absolute atomic E-state index is 0.413. The zero-order valence-electron chi connectivity index (χ0n) is 16.2. The molecule has 1 heterocycles. The number of allylic oxidation sites excluding steroid dienone is 1. The third-order valence-electron chi connectivity index (χ3n) is 4.76. The van der Waals surface area contributed by atoms with Crippen LogP contribution in [-0.4, -0.2) is 35.4 Å². The Labute approximate surface area is 149 Å². The summed E-state index contributed by atoms with van der Waals surface area (Å²) >= 11 is 0. The average Bonchev–Trinajstić information content (AvgIpc) is 2.94. The summed E-state index contributed by atoms with van der Waals surface area (Å²) < 4.78 is 18.2. The highest BCUT2D eigenvalue weighted by atomic mass is 28.4. The molecule has 1 saturated heterocycles. The van der Waals surface area contributed by atoms with Crippen molar-refractivity contribution in [2.75, 3.05) is 13.2 Å². The smallest absolute Gasteiger partial charge is 0.242 e. The van der Waals surface area contributed by atoms with Crippen molar-refractivity contribution >= 4 is 21.6 Å². The fourth-order valence-corrected chi connectivity index (χ4v) is 5.89. The molecular weight excluding hydrogens is 332 g/mol. The quantitative estimate of drug-likeness (QED) is 0.550. The zero-order chi connectivity index (χ0) is 18.0. The van der Waals surface area contributed by atoms with Gasteiger partial charge in [-0.3, -0.25) is 0 Å². The van der Waals surface area contributed by atoms with Crippen LogP contribution in [0.4, 0.5) is 0 Å². The van der Waals surface area contributed by atoms with Gasteiger partial charge >= 0.3 is 0 Å². The molecule has 1 unspecified atom stereocenters. The molecule has 0 aliphatic carbocycles. The Hall–Kier alpha value is -0.886. The van der Waals surface area contributed by atoms with Crippen molar-refractivity contribution in [2.24, 2.45) is 0 Å². The van der Waals surface area contributed by atoms with E-state index in [0.717, 1.165) is 5.76 Å². The summed E-state index contributed by atoms with van der Waals surface area (Å²) in [5, 5.41) is 1.46. The third-order valence-corrected chi connectivity index (χ3v) is 9.86. The standard InChI is InChI=1S/C19H32O3Si2/c1-16(24(6,7)17-11-9-8-10-12-17)15-18(22-23(3,4)5)19(2)20-13-14-21-19/h8-12,15-16H,13-14H2,1-7H3/b18-15-. The first kappa shape index (κ1) is 19.4. The van der Waals surface area contributed by atoms with Crippen molar-refractivity contribution in [3.63, 3.8) is 0 Å². The molecule has 0 radical (unpaired) electrons. The summed E-state index contributed by atoms with van der Waals surface area (Å²) in [7, 11) is -3.41. The van der Waals surface area contributed by atoms with E-state index < -0.39 is 22.2 Å². The SMILES string of the molecule is CC(/C=C(\O[Si](C)(C)C)C1(C)OCCO1)[Si](C)(C)c1ccccc1. The maximum Gasteiger partial charge on any atom is 0.242 e. The van der Waals surface area contributed by atoms with Gasteiger partial charge in [0.2, 0.25) is 14.1 Å². The van der Waals surface area contributed by atoms with Crippen LogP contribution in [0.25, 0.3) is 0 Å². The Morgan fingerprint density at radius 3 is 2.12 bits per heavy atom. The van der Waals surface area contributed by atoms with E-state index >= 15 is 0 Å². The lowest BCUT2D eigenvalue weighted by atomic mass is 10.2. The van der Waals surface area contributed by atoms with Crippen molar-refractivity contribution in [1.82, 2.24) is 0 Å². The molecule has 1 aromatic rings. The molecule has 5 heteroatoms. The molecule has 1 fully saturated rings. The van der Waals surface area contributed by atoms with E-state index in [1.54, 1.807) is 0 Å². The molecule has 134 valence electrons. The first-order valence-corrected chi connectivity index (χ1v) is 15.3. The minimum Gasteiger partial charge on any atom is -0.544 e. The van der Waals surface area contributed by atoms with Crippen LogP contribution in [0.15, 0.2) is 42.2 Å². The van der Waals surface area contributed by atoms with Gasteiger partial charge < -0.3 is 13.9 Å². The van der Waals surface area contributed by atoms with Crippen LogP contribution in [0.1, 0.15) is 13.8 Å². The molecule has 0 N–H and O–H groups in total. The highest BCUT2D eigenvalue weighted by Crippen LogP contribution is 2.34. The molecule has 0 amide bonds. The van der Waals surface area contributed by atoms with Gasteiger partial charge in [-0.05, 0) is 38.2 Å². The second kappa shape index (κ2) is 7.16. The van der Waals surface area contributed by atoms with E-state index in [1.807, 2.05) is 6.92 Å². The predicted octanol–water partition coefficient (Wildman–Crippen LogP) is 4.49. The van der Waals surface area contributed by atoms with Gasteiger partial charge in [0, 0.05) is 0 Å². The first-order chi connectivity index (χ1) is 11.0. The van der Waals surface area contributed by atoms with Crippen LogP contribution in [0, 0.1) is 0 Å². The maximum atomic E-state index is 6.40. The van der Waals surface area contributed by atoms with Gasteiger partial charge in [-0.1, -0.05) is 55.5 Å². The van der Waals surface area contributed by atoms with E-state index in [9.17, 15) is 0 Å². The van der Waals surface area contributed by atoms with E-state index in [1.165, 1.54) is 5.19 Å². The van der Waals surface area contributed by atoms with Gasteiger partial charge in [0.15, 0.2) is 0 Å². The van der Waals surface area contributed by atoms with Gasteiger partial charge in [-0.2, -0.15) is 0 Å². The molecule has 0 spiro atoms. The average molecular weight is 365 g/mol. The summed E-state index contributed by atoms with van der Waals surface area (Å²) in [6.45, 7) is 16.9. The van der Waals surface area contributed by atoms with Crippen molar-refractivity contribution in [3.05, 3.63) is 42.2 Å². The Kier molecular flexibility index (Phi) is 5.80. The molecule has 0 bridgehead atoms. The second-order valence-corrected chi connectivity index (χ2v) is 17.6. The molecule has 0 aromatic heterocycles. The molecule has 0 saturated carbocycles. The van der Waals surface area contributed by atoms with Gasteiger partial charge in [-0.15, -0.1) is 0 Å². The van der Waals surface area contributed by atoms with E-state index in [0.29, 0.717) is 18.8 Å². The summed E-state index contributed by atoms with van der Waals surface area (Å²) in [4.78, 5) is 0. The lowest BCUT2D eigenvalue weighted by Gasteiger charge is -2.34.